The number of nitrogens with zero attached hydrogens (tertiary/aromatic N) is 5. The van der Waals surface area contributed by atoms with Crippen LogP contribution in [0.15, 0.2) is 60.9 Å². The van der Waals surface area contributed by atoms with Crippen LogP contribution in [0.25, 0.3) is 28.2 Å². The number of benzene rings is 1. The molecule has 1 unspecified atom stereocenters. The summed E-state index contributed by atoms with van der Waals surface area (Å²) in [7, 11) is 2.13. The van der Waals surface area contributed by atoms with Gasteiger partial charge in [0.05, 0.1) is 5.69 Å². The van der Waals surface area contributed by atoms with Gasteiger partial charge in [-0.2, -0.15) is 0 Å². The first-order valence-corrected chi connectivity index (χ1v) is 9.68. The third kappa shape index (κ3) is 3.45. The molecule has 6 nitrogen and oxygen atoms in total. The van der Waals surface area contributed by atoms with Crippen molar-refractivity contribution in [2.24, 2.45) is 0 Å². The number of fused-ring (bicyclic) bond motifs is 1. The van der Waals surface area contributed by atoms with Gasteiger partial charge in [0, 0.05) is 30.5 Å². The molecule has 3 aromatic heterocycles. The fraction of sp³-hybridized carbons (Fsp3) is 0.227. The molecule has 4 aromatic rings. The average Bonchev–Trinajstić information content (AvgIpc) is 3.32. The first-order chi connectivity index (χ1) is 14.2. The number of aromatic nitrogens is 4. The largest absolute Gasteiger partial charge is 0.366 e. The van der Waals surface area contributed by atoms with Gasteiger partial charge in [-0.15, -0.1) is 0 Å². The molecule has 0 spiro atoms. The molecule has 0 amide bonds. The van der Waals surface area contributed by atoms with E-state index < -0.39 is 0 Å². The van der Waals surface area contributed by atoms with Gasteiger partial charge in [0.2, 0.25) is 0 Å². The van der Waals surface area contributed by atoms with Crippen LogP contribution in [0.2, 0.25) is 0 Å². The summed E-state index contributed by atoms with van der Waals surface area (Å²) in [6.07, 6.45) is 4.58. The Balaban J connectivity index is 1.63. The van der Waals surface area contributed by atoms with Gasteiger partial charge in [0.25, 0.3) is 0 Å². The maximum absolute atomic E-state index is 13.4. The lowest BCUT2D eigenvalue weighted by Gasteiger charge is -2.14. The van der Waals surface area contributed by atoms with Crippen LogP contribution in [-0.2, 0) is 0 Å². The lowest BCUT2D eigenvalue weighted by atomic mass is 10.2. The number of anilines is 1. The zero-order valence-corrected chi connectivity index (χ0v) is 16.1. The second-order valence-electron chi connectivity index (χ2n) is 7.41. The predicted molar refractivity (Wildman–Crippen MR) is 112 cm³/mol. The van der Waals surface area contributed by atoms with Crippen LogP contribution in [0.4, 0.5) is 10.2 Å². The Hall–Kier alpha value is -3.32. The Labute approximate surface area is 168 Å². The van der Waals surface area contributed by atoms with Gasteiger partial charge in [-0.1, -0.05) is 0 Å². The highest BCUT2D eigenvalue weighted by atomic mass is 19.1. The molecule has 1 atom stereocenters. The van der Waals surface area contributed by atoms with Crippen molar-refractivity contribution in [2.45, 2.75) is 12.5 Å². The number of likely N-dealkylation sites (N-methyl/N-ethyl adjacent to an activating group) is 1. The van der Waals surface area contributed by atoms with Crippen LogP contribution < -0.4 is 5.32 Å². The van der Waals surface area contributed by atoms with E-state index in [-0.39, 0.29) is 5.82 Å². The van der Waals surface area contributed by atoms with Crippen LogP contribution in [0.5, 0.6) is 0 Å². The molecule has 1 aliphatic rings. The molecule has 4 heterocycles. The standard InChI is InChI=1S/C22H21FN6/c1-28-13-10-17(14-28)25-20-7-6-19-22(27-20)29(18-8-11-24-12-9-18)21(26-19)15-2-4-16(23)5-3-15/h2-9,11-12,17H,10,13-14H2,1H3,(H,25,27). The molecule has 1 saturated heterocycles. The van der Waals surface area contributed by atoms with Crippen molar-refractivity contribution in [3.63, 3.8) is 0 Å². The minimum atomic E-state index is -0.272. The first kappa shape index (κ1) is 17.8. The second-order valence-corrected chi connectivity index (χ2v) is 7.41. The van der Waals surface area contributed by atoms with E-state index in [2.05, 4.69) is 22.2 Å². The Morgan fingerprint density at radius 2 is 1.79 bits per heavy atom. The quantitative estimate of drug-likeness (QED) is 0.577. The summed E-state index contributed by atoms with van der Waals surface area (Å²) in [5, 5.41) is 3.54. The van der Waals surface area contributed by atoms with Crippen LogP contribution in [0.1, 0.15) is 6.42 Å². The molecule has 1 fully saturated rings. The maximum Gasteiger partial charge on any atom is 0.167 e. The van der Waals surface area contributed by atoms with E-state index in [1.807, 2.05) is 28.8 Å². The Kier molecular flexibility index (Phi) is 4.44. The first-order valence-electron chi connectivity index (χ1n) is 9.68. The number of imidazole rings is 1. The minimum Gasteiger partial charge on any atom is -0.366 e. The summed E-state index contributed by atoms with van der Waals surface area (Å²) in [6, 6.07) is 14.5. The molecule has 1 N–H and O–H groups in total. The van der Waals surface area contributed by atoms with Crippen molar-refractivity contribution in [2.75, 3.05) is 25.5 Å². The lowest BCUT2D eigenvalue weighted by molar-refractivity contribution is 0.414. The van der Waals surface area contributed by atoms with Gasteiger partial charge >= 0.3 is 0 Å². The normalized spacial score (nSPS) is 17.1. The van der Waals surface area contributed by atoms with E-state index in [1.54, 1.807) is 24.5 Å². The number of likely N-dealkylation sites (tertiary alicyclic amines) is 1. The summed E-state index contributed by atoms with van der Waals surface area (Å²) in [6.45, 7) is 2.09. The van der Waals surface area contributed by atoms with Crippen LogP contribution >= 0.6 is 0 Å². The SMILES string of the molecule is CN1CCC(Nc2ccc3nc(-c4ccc(F)cc4)n(-c4ccncc4)c3n2)C1. The highest BCUT2D eigenvalue weighted by molar-refractivity contribution is 5.81. The summed E-state index contributed by atoms with van der Waals surface area (Å²) in [4.78, 5) is 16.1. The van der Waals surface area contributed by atoms with Gasteiger partial charge in [0.1, 0.15) is 23.0 Å². The lowest BCUT2D eigenvalue weighted by Crippen LogP contribution is -2.23. The van der Waals surface area contributed by atoms with Crippen molar-refractivity contribution < 1.29 is 4.39 Å². The Morgan fingerprint density at radius 1 is 1.00 bits per heavy atom. The van der Waals surface area contributed by atoms with Gasteiger partial charge in [-0.3, -0.25) is 9.55 Å². The summed E-state index contributed by atoms with van der Waals surface area (Å²) < 4.78 is 15.4. The van der Waals surface area contributed by atoms with Crippen molar-refractivity contribution in [3.8, 4) is 17.1 Å². The molecule has 7 heteroatoms. The number of hydrogen-bond donors (Lipinski definition) is 1. The fourth-order valence-electron chi connectivity index (χ4n) is 3.83. The van der Waals surface area contributed by atoms with E-state index in [0.717, 1.165) is 53.6 Å². The third-order valence-corrected chi connectivity index (χ3v) is 5.27. The molecular weight excluding hydrogens is 367 g/mol. The molecule has 1 aliphatic heterocycles. The van der Waals surface area contributed by atoms with E-state index >= 15 is 0 Å². The number of pyridine rings is 2. The highest BCUT2D eigenvalue weighted by Gasteiger charge is 2.21. The van der Waals surface area contributed by atoms with E-state index in [1.165, 1.54) is 12.1 Å². The van der Waals surface area contributed by atoms with Crippen LogP contribution in [0.3, 0.4) is 0 Å². The van der Waals surface area contributed by atoms with E-state index in [4.69, 9.17) is 9.97 Å². The zero-order chi connectivity index (χ0) is 19.8. The minimum absolute atomic E-state index is 0.272. The van der Waals surface area contributed by atoms with Gasteiger partial charge < -0.3 is 10.2 Å². The van der Waals surface area contributed by atoms with Gasteiger partial charge in [0.15, 0.2) is 5.65 Å². The molecule has 5 rings (SSSR count). The molecule has 1 aromatic carbocycles. The molecule has 0 aliphatic carbocycles. The van der Waals surface area contributed by atoms with Gasteiger partial charge in [-0.25, -0.2) is 14.4 Å². The fourth-order valence-corrected chi connectivity index (χ4v) is 3.83. The van der Waals surface area contributed by atoms with Crippen molar-refractivity contribution in [1.29, 1.82) is 0 Å². The monoisotopic (exact) mass is 388 g/mol. The molecule has 0 radical (unpaired) electrons. The second kappa shape index (κ2) is 7.25. The topological polar surface area (TPSA) is 58.9 Å². The Morgan fingerprint density at radius 3 is 2.52 bits per heavy atom. The smallest absolute Gasteiger partial charge is 0.167 e. The Bertz CT molecular complexity index is 1140. The predicted octanol–water partition coefficient (Wildman–Crippen LogP) is 3.74. The maximum atomic E-state index is 13.4. The van der Waals surface area contributed by atoms with Crippen molar-refractivity contribution in [1.82, 2.24) is 24.4 Å². The van der Waals surface area contributed by atoms with E-state index in [9.17, 15) is 4.39 Å². The van der Waals surface area contributed by atoms with Gasteiger partial charge in [-0.05, 0) is 68.5 Å². The summed E-state index contributed by atoms with van der Waals surface area (Å²) in [5.41, 5.74) is 3.28. The zero-order valence-electron chi connectivity index (χ0n) is 16.1. The summed E-state index contributed by atoms with van der Waals surface area (Å²) in [5.74, 6) is 1.28. The number of rotatable bonds is 4. The van der Waals surface area contributed by atoms with E-state index in [0.29, 0.717) is 6.04 Å². The number of halogens is 1. The highest BCUT2D eigenvalue weighted by Crippen LogP contribution is 2.29. The molecular formula is C22H21FN6. The molecule has 0 saturated carbocycles. The summed E-state index contributed by atoms with van der Waals surface area (Å²) >= 11 is 0. The number of hydrogen-bond acceptors (Lipinski definition) is 5. The molecule has 0 bridgehead atoms. The third-order valence-electron chi connectivity index (χ3n) is 5.27. The average molecular weight is 388 g/mol. The number of nitrogens with one attached hydrogen (secondary N) is 1. The van der Waals surface area contributed by atoms with Crippen LogP contribution in [0, 0.1) is 5.82 Å². The molecule has 29 heavy (non-hydrogen) atoms. The van der Waals surface area contributed by atoms with Crippen LogP contribution in [-0.4, -0.2) is 50.6 Å². The van der Waals surface area contributed by atoms with Crippen molar-refractivity contribution in [3.05, 3.63) is 66.7 Å². The molecule has 146 valence electrons. The van der Waals surface area contributed by atoms with Crippen molar-refractivity contribution >= 4 is 17.0 Å².